The molecule has 6 heteroatoms. The molecule has 0 aliphatic carbocycles. The van der Waals surface area contributed by atoms with Crippen LogP contribution in [-0.2, 0) is 9.53 Å². The highest BCUT2D eigenvalue weighted by Crippen LogP contribution is 2.35. The van der Waals surface area contributed by atoms with Crippen molar-refractivity contribution in [2.45, 2.75) is 33.3 Å². The number of carbonyl (C=O) groups is 2. The zero-order valence-corrected chi connectivity index (χ0v) is 15.1. The first-order valence-corrected chi connectivity index (χ1v) is 8.21. The Balaban J connectivity index is 1.69. The second-order valence-electron chi connectivity index (χ2n) is 6.92. The van der Waals surface area contributed by atoms with Crippen molar-refractivity contribution in [1.82, 2.24) is 0 Å². The van der Waals surface area contributed by atoms with E-state index in [1.807, 2.05) is 13.0 Å². The maximum absolute atomic E-state index is 12.4. The molecule has 0 atom stereocenters. The van der Waals surface area contributed by atoms with Crippen LogP contribution in [0.3, 0.4) is 0 Å². The quantitative estimate of drug-likeness (QED) is 0.610. The third-order valence-electron chi connectivity index (χ3n) is 3.45. The zero-order valence-electron chi connectivity index (χ0n) is 15.1. The van der Waals surface area contributed by atoms with Gasteiger partial charge in [0.25, 0.3) is 0 Å². The fraction of sp³-hybridized carbons (Fsp3) is 0.300. The molecule has 1 aliphatic heterocycles. The van der Waals surface area contributed by atoms with Crippen LogP contribution in [0.4, 0.5) is 0 Å². The lowest BCUT2D eigenvalue weighted by Gasteiger charge is -2.19. The van der Waals surface area contributed by atoms with Crippen molar-refractivity contribution in [3.8, 4) is 11.5 Å². The van der Waals surface area contributed by atoms with Gasteiger partial charge in [-0.3, -0.25) is 4.79 Å². The monoisotopic (exact) mass is 356 g/mol. The summed E-state index contributed by atoms with van der Waals surface area (Å²) in [6.07, 6.45) is 1.55. The van der Waals surface area contributed by atoms with Crippen molar-refractivity contribution >= 4 is 17.8 Å². The Bertz CT molecular complexity index is 882. The van der Waals surface area contributed by atoms with Gasteiger partial charge in [0.05, 0.1) is 5.56 Å². The van der Waals surface area contributed by atoms with E-state index >= 15 is 0 Å². The third kappa shape index (κ3) is 4.14. The molecule has 3 rings (SSSR count). The Labute approximate surface area is 151 Å². The van der Waals surface area contributed by atoms with E-state index in [1.54, 1.807) is 51.1 Å². The van der Waals surface area contributed by atoms with Crippen molar-refractivity contribution in [3.05, 3.63) is 53.2 Å². The molecule has 0 unspecified atom stereocenters. The van der Waals surface area contributed by atoms with Gasteiger partial charge in [-0.1, -0.05) is 0 Å². The van der Waals surface area contributed by atoms with Crippen LogP contribution in [0, 0.1) is 6.92 Å². The van der Waals surface area contributed by atoms with Gasteiger partial charge in [0.2, 0.25) is 5.78 Å². The predicted molar refractivity (Wildman–Crippen MR) is 94.2 cm³/mol. The van der Waals surface area contributed by atoms with Gasteiger partial charge in [-0.2, -0.15) is 0 Å². The number of ether oxygens (including phenoxy) is 3. The van der Waals surface area contributed by atoms with Gasteiger partial charge in [0.15, 0.2) is 12.4 Å². The zero-order chi connectivity index (χ0) is 18.9. The number of Topliss-reactive ketones (excluding diaryl/α,β-unsaturated/α-hetero) is 1. The van der Waals surface area contributed by atoms with Crippen molar-refractivity contribution in [3.63, 3.8) is 0 Å². The van der Waals surface area contributed by atoms with E-state index in [0.717, 1.165) is 5.76 Å². The minimum atomic E-state index is -0.572. The summed E-state index contributed by atoms with van der Waals surface area (Å²) < 4.78 is 21.7. The Hall–Kier alpha value is -3.02. The molecule has 2 aromatic rings. The van der Waals surface area contributed by atoms with E-state index < -0.39 is 11.6 Å². The molecule has 0 saturated carbocycles. The number of furan rings is 1. The first kappa shape index (κ1) is 17.8. The summed E-state index contributed by atoms with van der Waals surface area (Å²) in [4.78, 5) is 24.1. The molecule has 1 aromatic carbocycles. The molecule has 0 saturated heterocycles. The number of esters is 1. The number of hydrogen-bond donors (Lipinski definition) is 0. The van der Waals surface area contributed by atoms with Crippen LogP contribution < -0.4 is 9.47 Å². The van der Waals surface area contributed by atoms with Gasteiger partial charge in [0, 0.05) is 12.1 Å². The molecule has 0 bridgehead atoms. The topological polar surface area (TPSA) is 75.0 Å². The molecule has 26 heavy (non-hydrogen) atoms. The second kappa shape index (κ2) is 6.71. The fourth-order valence-corrected chi connectivity index (χ4v) is 2.43. The van der Waals surface area contributed by atoms with Crippen LogP contribution in [0.2, 0.25) is 0 Å². The highest BCUT2D eigenvalue weighted by atomic mass is 16.6. The normalized spacial score (nSPS) is 14.9. The molecular weight excluding hydrogens is 336 g/mol. The molecule has 2 heterocycles. The number of carbonyl (C=O) groups excluding carboxylic acids is 2. The van der Waals surface area contributed by atoms with Crippen molar-refractivity contribution < 1.29 is 28.2 Å². The lowest BCUT2D eigenvalue weighted by atomic mass is 10.1. The first-order chi connectivity index (χ1) is 12.2. The summed E-state index contributed by atoms with van der Waals surface area (Å²) in [5.41, 5.74) is -0.137. The largest absolute Gasteiger partial charge is 0.482 e. The lowest BCUT2D eigenvalue weighted by Crippen LogP contribution is -2.27. The number of allylic oxidation sites excluding steroid dienone is 1. The van der Waals surface area contributed by atoms with Gasteiger partial charge in [-0.05, 0) is 52.0 Å². The van der Waals surface area contributed by atoms with Gasteiger partial charge in [-0.15, -0.1) is 0 Å². The molecule has 0 N–H and O–H groups in total. The minimum Gasteiger partial charge on any atom is -0.482 e. The van der Waals surface area contributed by atoms with Crippen LogP contribution in [0.15, 0.2) is 40.5 Å². The van der Waals surface area contributed by atoms with Crippen LogP contribution in [0.25, 0.3) is 6.08 Å². The maximum Gasteiger partial charge on any atom is 0.344 e. The van der Waals surface area contributed by atoms with Crippen molar-refractivity contribution in [2.75, 3.05) is 6.61 Å². The standard InChI is InChI=1S/C20H20O6/c1-12-5-6-14(24-12)10-17-19(22)15-8-7-13(9-16(15)25-17)23-11-18(21)26-20(2,3)4/h5-10H,11H2,1-4H3/b17-10-. The highest BCUT2D eigenvalue weighted by molar-refractivity contribution is 6.14. The molecule has 1 aliphatic rings. The number of fused-ring (bicyclic) bond motifs is 1. The fourth-order valence-electron chi connectivity index (χ4n) is 2.43. The number of ketones is 1. The van der Waals surface area contributed by atoms with Gasteiger partial charge in [0.1, 0.15) is 28.6 Å². The summed E-state index contributed by atoms with van der Waals surface area (Å²) in [5.74, 6) is 1.57. The summed E-state index contributed by atoms with van der Waals surface area (Å²) in [7, 11) is 0. The Morgan fingerprint density at radius 1 is 1.19 bits per heavy atom. The molecule has 136 valence electrons. The van der Waals surface area contributed by atoms with Crippen LogP contribution in [-0.4, -0.2) is 24.0 Å². The Morgan fingerprint density at radius 3 is 2.62 bits per heavy atom. The number of hydrogen-bond acceptors (Lipinski definition) is 6. The van der Waals surface area contributed by atoms with E-state index in [9.17, 15) is 9.59 Å². The Kier molecular flexibility index (Phi) is 4.59. The number of aryl methyl sites for hydroxylation is 1. The van der Waals surface area contributed by atoms with E-state index in [0.29, 0.717) is 22.8 Å². The summed E-state index contributed by atoms with van der Waals surface area (Å²) in [5, 5.41) is 0. The average Bonchev–Trinajstić information content (AvgIpc) is 3.08. The minimum absolute atomic E-state index is 0.179. The first-order valence-electron chi connectivity index (χ1n) is 8.21. The van der Waals surface area contributed by atoms with Crippen molar-refractivity contribution in [2.24, 2.45) is 0 Å². The molecule has 0 amide bonds. The molecule has 0 fully saturated rings. The lowest BCUT2D eigenvalue weighted by molar-refractivity contribution is -0.157. The summed E-state index contributed by atoms with van der Waals surface area (Å²) >= 11 is 0. The predicted octanol–water partition coefficient (Wildman–Crippen LogP) is 3.92. The SMILES string of the molecule is Cc1ccc(/C=C2\Oc3cc(OCC(=O)OC(C)(C)C)ccc3C2=O)o1. The average molecular weight is 356 g/mol. The Morgan fingerprint density at radius 2 is 1.96 bits per heavy atom. The van der Waals surface area contributed by atoms with E-state index in [4.69, 9.17) is 18.6 Å². The molecule has 1 aromatic heterocycles. The second-order valence-corrected chi connectivity index (χ2v) is 6.92. The van der Waals surface area contributed by atoms with Gasteiger partial charge >= 0.3 is 5.97 Å². The van der Waals surface area contributed by atoms with Crippen molar-refractivity contribution in [1.29, 1.82) is 0 Å². The van der Waals surface area contributed by atoms with Crippen LogP contribution in [0.1, 0.15) is 42.6 Å². The molecule has 0 spiro atoms. The molecular formula is C20H20O6. The van der Waals surface area contributed by atoms with E-state index in [-0.39, 0.29) is 18.1 Å². The summed E-state index contributed by atoms with van der Waals surface area (Å²) in [6, 6.07) is 8.37. The van der Waals surface area contributed by atoms with Crippen LogP contribution >= 0.6 is 0 Å². The summed E-state index contributed by atoms with van der Waals surface area (Å²) in [6.45, 7) is 6.96. The van der Waals surface area contributed by atoms with Gasteiger partial charge < -0.3 is 18.6 Å². The van der Waals surface area contributed by atoms with E-state index in [1.165, 1.54) is 0 Å². The maximum atomic E-state index is 12.4. The molecule has 6 nitrogen and oxygen atoms in total. The third-order valence-corrected chi connectivity index (χ3v) is 3.45. The van der Waals surface area contributed by atoms with Gasteiger partial charge in [-0.25, -0.2) is 4.79 Å². The molecule has 0 radical (unpaired) electrons. The van der Waals surface area contributed by atoms with Crippen LogP contribution in [0.5, 0.6) is 11.5 Å². The highest BCUT2D eigenvalue weighted by Gasteiger charge is 2.28. The number of rotatable bonds is 4. The van der Waals surface area contributed by atoms with E-state index in [2.05, 4.69) is 0 Å². The smallest absolute Gasteiger partial charge is 0.344 e. The number of benzene rings is 1.